The smallest absolute Gasteiger partial charge is 0.246 e. The Kier molecular flexibility index (Phi) is 2.87. The van der Waals surface area contributed by atoms with E-state index in [2.05, 4.69) is 9.97 Å². The molecule has 1 aliphatic rings. The third kappa shape index (κ3) is 2.04. The van der Waals surface area contributed by atoms with Gasteiger partial charge in [-0.25, -0.2) is 17.8 Å². The number of nitrogens with zero attached hydrogens (tertiary/aromatic N) is 2. The topological polar surface area (TPSA) is 66.1 Å². The maximum atomic E-state index is 13.7. The molecular formula is C12H12FN3O2S. The van der Waals surface area contributed by atoms with E-state index in [4.69, 9.17) is 0 Å². The zero-order valence-electron chi connectivity index (χ0n) is 10.0. The molecule has 100 valence electrons. The van der Waals surface area contributed by atoms with E-state index in [1.165, 1.54) is 22.5 Å². The molecule has 1 aromatic heterocycles. The van der Waals surface area contributed by atoms with Gasteiger partial charge in [0.15, 0.2) is 0 Å². The van der Waals surface area contributed by atoms with Crippen LogP contribution < -0.4 is 0 Å². The Balaban J connectivity index is 1.97. The minimum absolute atomic E-state index is 0.200. The summed E-state index contributed by atoms with van der Waals surface area (Å²) in [6, 6.07) is 5.42. The number of sulfonamides is 1. The Bertz CT molecular complexity index is 711. The zero-order chi connectivity index (χ0) is 13.5. The third-order valence-corrected chi connectivity index (χ3v) is 5.07. The predicted octanol–water partition coefficient (Wildman–Crippen LogP) is 1.30. The van der Waals surface area contributed by atoms with Crippen LogP contribution in [0.25, 0.3) is 0 Å². The summed E-state index contributed by atoms with van der Waals surface area (Å²) < 4.78 is 39.7. The van der Waals surface area contributed by atoms with Crippen LogP contribution in [0.5, 0.6) is 0 Å². The van der Waals surface area contributed by atoms with E-state index in [0.29, 0.717) is 13.0 Å². The van der Waals surface area contributed by atoms with E-state index in [9.17, 15) is 12.8 Å². The van der Waals surface area contributed by atoms with Crippen LogP contribution in [0.2, 0.25) is 0 Å². The molecule has 0 unspecified atom stereocenters. The molecule has 0 atom stereocenters. The fourth-order valence-corrected chi connectivity index (χ4v) is 3.66. The summed E-state index contributed by atoms with van der Waals surface area (Å²) in [4.78, 5) is 6.75. The summed E-state index contributed by atoms with van der Waals surface area (Å²) in [6.45, 7) is 0.514. The molecular weight excluding hydrogens is 269 g/mol. The highest BCUT2D eigenvalue weighted by molar-refractivity contribution is 7.89. The highest BCUT2D eigenvalue weighted by Gasteiger charge is 2.31. The van der Waals surface area contributed by atoms with Gasteiger partial charge in [-0.3, -0.25) is 0 Å². The lowest BCUT2D eigenvalue weighted by atomic mass is 10.2. The van der Waals surface area contributed by atoms with Gasteiger partial charge in [0.2, 0.25) is 10.0 Å². The number of benzene rings is 1. The van der Waals surface area contributed by atoms with E-state index in [1.807, 2.05) is 0 Å². The molecule has 3 rings (SSSR count). The molecule has 5 nitrogen and oxygen atoms in total. The number of aromatic amines is 1. The first-order chi connectivity index (χ1) is 9.09. The van der Waals surface area contributed by atoms with Crippen molar-refractivity contribution in [2.75, 3.05) is 6.54 Å². The fraction of sp³-hybridized carbons (Fsp3) is 0.250. The molecule has 0 radical (unpaired) electrons. The van der Waals surface area contributed by atoms with Crippen molar-refractivity contribution in [2.24, 2.45) is 0 Å². The maximum Gasteiger partial charge on any atom is 0.246 e. The summed E-state index contributed by atoms with van der Waals surface area (Å²) in [5.41, 5.74) is 1.64. The van der Waals surface area contributed by atoms with E-state index in [-0.39, 0.29) is 11.4 Å². The van der Waals surface area contributed by atoms with Crippen LogP contribution in [0, 0.1) is 5.82 Å². The average Bonchev–Trinajstić information content (AvgIpc) is 2.86. The van der Waals surface area contributed by atoms with Gasteiger partial charge < -0.3 is 4.98 Å². The second-order valence-corrected chi connectivity index (χ2v) is 6.25. The van der Waals surface area contributed by atoms with Gasteiger partial charge in [-0.1, -0.05) is 12.1 Å². The van der Waals surface area contributed by atoms with Crippen molar-refractivity contribution in [3.63, 3.8) is 0 Å². The van der Waals surface area contributed by atoms with Gasteiger partial charge in [0.1, 0.15) is 10.7 Å². The number of fused-ring (bicyclic) bond motifs is 1. The van der Waals surface area contributed by atoms with Gasteiger partial charge in [-0.05, 0) is 12.1 Å². The molecule has 0 fully saturated rings. The molecule has 7 heteroatoms. The van der Waals surface area contributed by atoms with Crippen LogP contribution in [0.3, 0.4) is 0 Å². The quantitative estimate of drug-likeness (QED) is 0.902. The Morgan fingerprint density at radius 1 is 1.32 bits per heavy atom. The zero-order valence-corrected chi connectivity index (χ0v) is 10.8. The number of rotatable bonds is 2. The van der Waals surface area contributed by atoms with Crippen LogP contribution in [-0.2, 0) is 23.0 Å². The molecule has 19 heavy (non-hydrogen) atoms. The molecule has 1 N–H and O–H groups in total. The summed E-state index contributed by atoms with van der Waals surface area (Å²) in [7, 11) is -3.80. The van der Waals surface area contributed by atoms with Gasteiger partial charge in [0.25, 0.3) is 0 Å². The van der Waals surface area contributed by atoms with Gasteiger partial charge in [-0.15, -0.1) is 0 Å². The first-order valence-corrected chi connectivity index (χ1v) is 7.29. The normalized spacial score (nSPS) is 16.3. The third-order valence-electron chi connectivity index (χ3n) is 3.19. The minimum atomic E-state index is -3.80. The van der Waals surface area contributed by atoms with Crippen molar-refractivity contribution >= 4 is 10.0 Å². The Morgan fingerprint density at radius 3 is 2.89 bits per heavy atom. The van der Waals surface area contributed by atoms with Crippen LogP contribution in [-0.4, -0.2) is 29.2 Å². The first-order valence-electron chi connectivity index (χ1n) is 5.85. The van der Waals surface area contributed by atoms with Crippen molar-refractivity contribution in [3.05, 3.63) is 47.8 Å². The Morgan fingerprint density at radius 2 is 2.11 bits per heavy atom. The van der Waals surface area contributed by atoms with Crippen molar-refractivity contribution in [1.82, 2.24) is 14.3 Å². The van der Waals surface area contributed by atoms with Crippen LogP contribution in [0.15, 0.2) is 35.5 Å². The van der Waals surface area contributed by atoms with Crippen molar-refractivity contribution in [3.8, 4) is 0 Å². The molecule has 2 heterocycles. The number of imidazole rings is 1. The molecule has 0 aliphatic carbocycles. The summed E-state index contributed by atoms with van der Waals surface area (Å²) in [5.74, 6) is -0.724. The average molecular weight is 281 g/mol. The molecule has 0 amide bonds. The number of halogens is 1. The van der Waals surface area contributed by atoms with Crippen LogP contribution in [0.1, 0.15) is 11.4 Å². The van der Waals surface area contributed by atoms with Gasteiger partial charge in [-0.2, -0.15) is 4.31 Å². The van der Waals surface area contributed by atoms with Crippen LogP contribution >= 0.6 is 0 Å². The van der Waals surface area contributed by atoms with Crippen LogP contribution in [0.4, 0.5) is 4.39 Å². The number of hydrogen-bond donors (Lipinski definition) is 1. The van der Waals surface area contributed by atoms with E-state index in [1.54, 1.807) is 6.33 Å². The Labute approximate surface area is 110 Å². The second-order valence-electron chi connectivity index (χ2n) is 4.35. The SMILES string of the molecule is O=S(=O)(c1ccccc1F)N1CCc2nc[nH]c2C1. The predicted molar refractivity (Wildman–Crippen MR) is 66.3 cm³/mol. The van der Waals surface area contributed by atoms with Gasteiger partial charge >= 0.3 is 0 Å². The minimum Gasteiger partial charge on any atom is -0.347 e. The molecule has 1 aromatic carbocycles. The number of aromatic nitrogens is 2. The summed E-state index contributed by atoms with van der Waals surface area (Å²) >= 11 is 0. The fourth-order valence-electron chi connectivity index (χ4n) is 2.19. The molecule has 0 saturated carbocycles. The summed E-state index contributed by atoms with van der Waals surface area (Å²) in [6.07, 6.45) is 2.08. The molecule has 2 aromatic rings. The van der Waals surface area contributed by atoms with Crippen molar-refractivity contribution in [2.45, 2.75) is 17.9 Å². The largest absolute Gasteiger partial charge is 0.347 e. The second kappa shape index (κ2) is 4.43. The highest BCUT2D eigenvalue weighted by atomic mass is 32.2. The monoisotopic (exact) mass is 281 g/mol. The maximum absolute atomic E-state index is 13.7. The van der Waals surface area contributed by atoms with E-state index in [0.717, 1.165) is 17.5 Å². The van der Waals surface area contributed by atoms with E-state index < -0.39 is 15.8 Å². The lowest BCUT2D eigenvalue weighted by molar-refractivity contribution is 0.383. The van der Waals surface area contributed by atoms with Gasteiger partial charge in [0.05, 0.1) is 24.3 Å². The Hall–Kier alpha value is -1.73. The van der Waals surface area contributed by atoms with E-state index >= 15 is 0 Å². The van der Waals surface area contributed by atoms with Crippen molar-refractivity contribution < 1.29 is 12.8 Å². The molecule has 1 aliphatic heterocycles. The van der Waals surface area contributed by atoms with Crippen molar-refractivity contribution in [1.29, 1.82) is 0 Å². The standard InChI is InChI=1S/C12H12FN3O2S/c13-9-3-1-2-4-12(9)19(17,18)16-6-5-10-11(7-16)15-8-14-10/h1-4,8H,5-7H2,(H,14,15). The summed E-state index contributed by atoms with van der Waals surface area (Å²) in [5, 5.41) is 0. The molecule has 0 saturated heterocycles. The number of nitrogens with one attached hydrogen (secondary N) is 1. The molecule has 0 spiro atoms. The lowest BCUT2D eigenvalue weighted by Gasteiger charge is -2.25. The lowest BCUT2D eigenvalue weighted by Crippen LogP contribution is -2.36. The van der Waals surface area contributed by atoms with Gasteiger partial charge in [0, 0.05) is 13.0 Å². The highest BCUT2D eigenvalue weighted by Crippen LogP contribution is 2.24. The number of hydrogen-bond acceptors (Lipinski definition) is 3. The first kappa shape index (κ1) is 12.3. The number of H-pyrrole nitrogens is 1. The molecule has 0 bridgehead atoms.